The highest BCUT2D eigenvalue weighted by atomic mass is 35.5. The van der Waals surface area contributed by atoms with Crippen molar-refractivity contribution in [2.24, 2.45) is 5.92 Å². The molecule has 3 aromatic rings. The van der Waals surface area contributed by atoms with Crippen molar-refractivity contribution in [3.8, 4) is 6.01 Å². The van der Waals surface area contributed by atoms with Gasteiger partial charge in [0.1, 0.15) is 5.82 Å². The third kappa shape index (κ3) is 4.72. The fraction of sp³-hybridized carbons (Fsp3) is 0.393. The molecule has 182 valence electrons. The van der Waals surface area contributed by atoms with Crippen LogP contribution in [0.5, 0.6) is 6.01 Å². The predicted octanol–water partition coefficient (Wildman–Crippen LogP) is 5.61. The number of methoxy groups -OCH3 is 1. The van der Waals surface area contributed by atoms with Gasteiger partial charge in [0.2, 0.25) is 0 Å². The molecule has 5 rings (SSSR count). The van der Waals surface area contributed by atoms with Crippen LogP contribution in [0, 0.1) is 5.92 Å². The minimum Gasteiger partial charge on any atom is -0.467 e. The minimum atomic E-state index is 0.0855. The highest BCUT2D eigenvalue weighted by Crippen LogP contribution is 2.37. The van der Waals surface area contributed by atoms with Crippen LogP contribution in [0.3, 0.4) is 0 Å². The van der Waals surface area contributed by atoms with Gasteiger partial charge in [-0.3, -0.25) is 4.79 Å². The molecule has 2 aromatic carbocycles. The molecule has 1 aromatic heterocycles. The van der Waals surface area contributed by atoms with E-state index in [2.05, 4.69) is 34.1 Å². The predicted molar refractivity (Wildman–Crippen MR) is 142 cm³/mol. The molecule has 1 fully saturated rings. The summed E-state index contributed by atoms with van der Waals surface area (Å²) < 4.78 is 5.51. The Morgan fingerprint density at radius 2 is 1.91 bits per heavy atom. The fourth-order valence-electron chi connectivity index (χ4n) is 5.38. The number of carbonyl (C=O) groups excluding carboxylic acids is 1. The quantitative estimate of drug-likeness (QED) is 0.433. The number of hydrogen-bond acceptors (Lipinski definition) is 6. The van der Waals surface area contributed by atoms with Gasteiger partial charge >= 0.3 is 6.01 Å². The van der Waals surface area contributed by atoms with Crippen molar-refractivity contribution < 1.29 is 9.53 Å². The number of nitrogens with zero attached hydrogens (tertiary/aromatic N) is 4. The Balaban J connectivity index is 1.45. The number of ether oxygens (including phenoxy) is 1. The summed E-state index contributed by atoms with van der Waals surface area (Å²) in [7, 11) is 1.62. The van der Waals surface area contributed by atoms with Gasteiger partial charge in [-0.1, -0.05) is 41.9 Å². The standard InChI is InChI=1S/C28H31ClN4O2/c1-3-7-25(34)19-10-6-15-32(16-13-19)27-21-14-17-33(18-23(21)30-28(31-27)35-2)24-12-5-9-20-8-4-11-22(29)26(20)24/h3-5,7-9,11-12,19H,6,10,13-18H2,1-2H3/b7-3+. The number of carbonyl (C=O) groups is 1. The van der Waals surface area contributed by atoms with Crippen LogP contribution < -0.4 is 14.5 Å². The molecule has 7 heteroatoms. The van der Waals surface area contributed by atoms with Crippen LogP contribution in [0.4, 0.5) is 11.5 Å². The summed E-state index contributed by atoms with van der Waals surface area (Å²) in [5.74, 6) is 1.28. The lowest BCUT2D eigenvalue weighted by atomic mass is 9.95. The maximum atomic E-state index is 12.4. The molecular formula is C28H31ClN4O2. The van der Waals surface area contributed by atoms with Crippen LogP contribution in [-0.2, 0) is 17.8 Å². The Kier molecular flexibility index (Phi) is 6.91. The molecule has 0 amide bonds. The molecule has 0 aliphatic carbocycles. The van der Waals surface area contributed by atoms with Gasteiger partial charge in [-0.2, -0.15) is 9.97 Å². The summed E-state index contributed by atoms with van der Waals surface area (Å²) in [6.45, 7) is 5.12. The number of rotatable bonds is 5. The third-order valence-electron chi connectivity index (χ3n) is 7.14. The van der Waals surface area contributed by atoms with Gasteiger partial charge in [0.25, 0.3) is 0 Å². The maximum Gasteiger partial charge on any atom is 0.318 e. The van der Waals surface area contributed by atoms with E-state index in [0.29, 0.717) is 12.6 Å². The monoisotopic (exact) mass is 490 g/mol. The zero-order valence-electron chi connectivity index (χ0n) is 20.3. The van der Waals surface area contributed by atoms with E-state index >= 15 is 0 Å². The molecule has 0 radical (unpaired) electrons. The van der Waals surface area contributed by atoms with E-state index in [-0.39, 0.29) is 11.7 Å². The number of fused-ring (bicyclic) bond motifs is 2. The van der Waals surface area contributed by atoms with Crippen LogP contribution in [0.2, 0.25) is 5.02 Å². The van der Waals surface area contributed by atoms with E-state index < -0.39 is 0 Å². The van der Waals surface area contributed by atoms with E-state index in [0.717, 1.165) is 78.3 Å². The van der Waals surface area contributed by atoms with Crippen LogP contribution in [-0.4, -0.2) is 42.5 Å². The largest absolute Gasteiger partial charge is 0.467 e. The number of allylic oxidation sites excluding steroid dienone is 2. The zero-order chi connectivity index (χ0) is 24.4. The van der Waals surface area contributed by atoms with Crippen LogP contribution in [0.25, 0.3) is 10.8 Å². The normalized spacial score (nSPS) is 18.5. The molecule has 35 heavy (non-hydrogen) atoms. The number of aromatic nitrogens is 2. The van der Waals surface area contributed by atoms with Crippen molar-refractivity contribution in [2.75, 3.05) is 36.5 Å². The van der Waals surface area contributed by atoms with Gasteiger partial charge in [0.05, 0.1) is 24.4 Å². The van der Waals surface area contributed by atoms with Gasteiger partial charge in [-0.25, -0.2) is 0 Å². The molecule has 6 nitrogen and oxygen atoms in total. The van der Waals surface area contributed by atoms with Crippen LogP contribution >= 0.6 is 11.6 Å². The lowest BCUT2D eigenvalue weighted by Crippen LogP contribution is -2.34. The number of halogens is 1. The average Bonchev–Trinajstić information content (AvgIpc) is 3.14. The van der Waals surface area contributed by atoms with Crippen molar-refractivity contribution in [3.05, 3.63) is 64.8 Å². The SMILES string of the molecule is C/C=C/C(=O)C1CCCN(c2nc(OC)nc3c2CCN(c2cccc4cccc(Cl)c24)C3)CC1. The second-order valence-corrected chi connectivity index (χ2v) is 9.67. The lowest BCUT2D eigenvalue weighted by Gasteiger charge is -2.34. The summed E-state index contributed by atoms with van der Waals surface area (Å²) in [6.07, 6.45) is 7.11. The fourth-order valence-corrected chi connectivity index (χ4v) is 5.66. The van der Waals surface area contributed by atoms with Gasteiger partial charge in [-0.05, 0) is 56.2 Å². The highest BCUT2D eigenvalue weighted by Gasteiger charge is 2.29. The molecule has 3 heterocycles. The molecule has 0 saturated carbocycles. The van der Waals surface area contributed by atoms with E-state index in [4.69, 9.17) is 26.3 Å². The van der Waals surface area contributed by atoms with Gasteiger partial charge in [0, 0.05) is 42.2 Å². The summed E-state index contributed by atoms with van der Waals surface area (Å²) in [6, 6.07) is 12.7. The first kappa shape index (κ1) is 23.6. The molecule has 0 bridgehead atoms. The molecular weight excluding hydrogens is 460 g/mol. The van der Waals surface area contributed by atoms with Crippen LogP contribution in [0.15, 0.2) is 48.6 Å². The summed E-state index contributed by atoms with van der Waals surface area (Å²) in [5.41, 5.74) is 3.30. The molecule has 0 spiro atoms. The maximum absolute atomic E-state index is 12.4. The van der Waals surface area contributed by atoms with Crippen molar-refractivity contribution >= 4 is 39.7 Å². The number of anilines is 2. The molecule has 0 N–H and O–H groups in total. The van der Waals surface area contributed by atoms with Crippen molar-refractivity contribution in [1.82, 2.24) is 9.97 Å². The zero-order valence-corrected chi connectivity index (χ0v) is 21.1. The number of benzene rings is 2. The van der Waals surface area contributed by atoms with Crippen molar-refractivity contribution in [1.29, 1.82) is 0 Å². The smallest absolute Gasteiger partial charge is 0.318 e. The topological polar surface area (TPSA) is 58.6 Å². The molecule has 2 aliphatic rings. The van der Waals surface area contributed by atoms with E-state index in [1.54, 1.807) is 13.2 Å². The van der Waals surface area contributed by atoms with Gasteiger partial charge in [0.15, 0.2) is 5.78 Å². The Morgan fingerprint density at radius 1 is 1.09 bits per heavy atom. The second-order valence-electron chi connectivity index (χ2n) is 9.26. The van der Waals surface area contributed by atoms with Gasteiger partial charge < -0.3 is 14.5 Å². The Labute approximate surface area is 211 Å². The Morgan fingerprint density at radius 3 is 2.71 bits per heavy atom. The highest BCUT2D eigenvalue weighted by molar-refractivity contribution is 6.36. The molecule has 1 atom stereocenters. The Bertz CT molecular complexity index is 1270. The lowest BCUT2D eigenvalue weighted by molar-refractivity contribution is -0.118. The van der Waals surface area contributed by atoms with Crippen LogP contribution in [0.1, 0.15) is 37.4 Å². The summed E-state index contributed by atoms with van der Waals surface area (Å²) in [5, 5.41) is 2.97. The van der Waals surface area contributed by atoms with E-state index in [1.807, 2.05) is 25.1 Å². The molecule has 1 saturated heterocycles. The van der Waals surface area contributed by atoms with E-state index in [9.17, 15) is 4.79 Å². The van der Waals surface area contributed by atoms with Gasteiger partial charge in [-0.15, -0.1) is 0 Å². The first-order valence-electron chi connectivity index (χ1n) is 12.4. The van der Waals surface area contributed by atoms with Crippen molar-refractivity contribution in [3.63, 3.8) is 0 Å². The minimum absolute atomic E-state index is 0.0855. The first-order valence-corrected chi connectivity index (χ1v) is 12.7. The third-order valence-corrected chi connectivity index (χ3v) is 7.45. The number of ketones is 1. The number of hydrogen-bond donors (Lipinski definition) is 0. The first-order chi connectivity index (χ1) is 17.1. The van der Waals surface area contributed by atoms with E-state index in [1.165, 1.54) is 5.56 Å². The molecule has 2 aliphatic heterocycles. The Hall–Kier alpha value is -3.12. The molecule has 1 unspecified atom stereocenters. The van der Waals surface area contributed by atoms with Crippen molar-refractivity contribution in [2.45, 2.75) is 39.2 Å². The second kappa shape index (κ2) is 10.2. The summed E-state index contributed by atoms with van der Waals surface area (Å²) >= 11 is 6.62. The average molecular weight is 491 g/mol. The summed E-state index contributed by atoms with van der Waals surface area (Å²) in [4.78, 5) is 26.7.